The first-order valence-corrected chi connectivity index (χ1v) is 6.98. The molecule has 1 aliphatic rings. The first-order valence-electron chi connectivity index (χ1n) is 6.10. The summed E-state index contributed by atoms with van der Waals surface area (Å²) in [5.74, 6) is 1.17. The van der Waals surface area contributed by atoms with Crippen molar-refractivity contribution in [2.45, 2.75) is 19.9 Å². The average molecular weight is 291 g/mol. The fourth-order valence-electron chi connectivity index (χ4n) is 1.92. The highest BCUT2D eigenvalue weighted by Crippen LogP contribution is 2.33. The lowest BCUT2D eigenvalue weighted by atomic mass is 10.0. The van der Waals surface area contributed by atoms with E-state index in [9.17, 15) is 4.79 Å². The summed E-state index contributed by atoms with van der Waals surface area (Å²) < 4.78 is 0. The maximum atomic E-state index is 12.1. The molecule has 1 unspecified atom stereocenters. The molecule has 9 heteroatoms. The van der Waals surface area contributed by atoms with Gasteiger partial charge in [0, 0.05) is 0 Å². The van der Waals surface area contributed by atoms with Gasteiger partial charge in [0.05, 0.1) is 0 Å². The summed E-state index contributed by atoms with van der Waals surface area (Å²) in [7, 11) is 0. The number of nitrogens with zero attached hydrogens (tertiary/aromatic N) is 4. The number of hydrogen-bond donors (Lipinski definition) is 3. The van der Waals surface area contributed by atoms with Crippen LogP contribution in [0, 0.1) is 5.92 Å². The summed E-state index contributed by atoms with van der Waals surface area (Å²) in [5, 5.41) is 17.2. The third kappa shape index (κ3) is 2.27. The third-order valence-corrected chi connectivity index (χ3v) is 3.53. The minimum Gasteiger partial charge on any atom is -0.356 e. The van der Waals surface area contributed by atoms with E-state index in [1.165, 1.54) is 17.7 Å². The van der Waals surface area contributed by atoms with E-state index in [0.29, 0.717) is 22.5 Å². The van der Waals surface area contributed by atoms with Gasteiger partial charge in [-0.15, -0.1) is 10.2 Å². The molecular formula is C11H13N7OS. The highest BCUT2D eigenvalue weighted by Gasteiger charge is 2.30. The van der Waals surface area contributed by atoms with Gasteiger partial charge in [0.1, 0.15) is 23.6 Å². The van der Waals surface area contributed by atoms with E-state index in [1.807, 2.05) is 13.8 Å². The maximum Gasteiger partial charge on any atom is 0.247 e. The van der Waals surface area contributed by atoms with Crippen molar-refractivity contribution in [2.24, 2.45) is 5.92 Å². The summed E-state index contributed by atoms with van der Waals surface area (Å²) >= 11 is 1.35. The molecule has 1 atom stereocenters. The van der Waals surface area contributed by atoms with Crippen molar-refractivity contribution in [3.05, 3.63) is 11.8 Å². The van der Waals surface area contributed by atoms with Crippen LogP contribution >= 0.6 is 11.3 Å². The minimum absolute atomic E-state index is 0.0948. The number of carbonyl (C=O) groups is 1. The van der Waals surface area contributed by atoms with Gasteiger partial charge in [-0.2, -0.15) is 0 Å². The van der Waals surface area contributed by atoms with E-state index in [1.54, 1.807) is 5.51 Å². The van der Waals surface area contributed by atoms with E-state index in [2.05, 4.69) is 36.1 Å². The Balaban J connectivity index is 1.93. The lowest BCUT2D eigenvalue weighted by Crippen LogP contribution is -2.43. The van der Waals surface area contributed by atoms with Gasteiger partial charge in [-0.05, 0) is 5.92 Å². The Bertz CT molecular complexity index is 628. The van der Waals surface area contributed by atoms with Gasteiger partial charge in [-0.1, -0.05) is 25.2 Å². The normalized spacial score (nSPS) is 17.4. The number of anilines is 4. The van der Waals surface area contributed by atoms with Crippen LogP contribution in [-0.2, 0) is 4.79 Å². The lowest BCUT2D eigenvalue weighted by molar-refractivity contribution is -0.117. The van der Waals surface area contributed by atoms with Crippen LogP contribution < -0.4 is 16.0 Å². The second kappa shape index (κ2) is 5.00. The van der Waals surface area contributed by atoms with Crippen molar-refractivity contribution in [1.29, 1.82) is 0 Å². The fourth-order valence-corrected chi connectivity index (χ4v) is 2.36. The van der Waals surface area contributed by atoms with Gasteiger partial charge < -0.3 is 16.0 Å². The Hall–Kier alpha value is -2.29. The van der Waals surface area contributed by atoms with Crippen molar-refractivity contribution in [3.63, 3.8) is 0 Å². The molecule has 0 bridgehead atoms. The van der Waals surface area contributed by atoms with Crippen LogP contribution in [0.15, 0.2) is 11.8 Å². The highest BCUT2D eigenvalue weighted by molar-refractivity contribution is 7.13. The molecule has 8 nitrogen and oxygen atoms in total. The first-order chi connectivity index (χ1) is 9.65. The van der Waals surface area contributed by atoms with Crippen molar-refractivity contribution in [1.82, 2.24) is 20.2 Å². The summed E-state index contributed by atoms with van der Waals surface area (Å²) in [6.07, 6.45) is 1.43. The van der Waals surface area contributed by atoms with E-state index in [-0.39, 0.29) is 17.9 Å². The SMILES string of the molecule is CC(C)C1Nc2ncnc(Nc3nncs3)c2NC1=O. The molecule has 20 heavy (non-hydrogen) atoms. The molecular weight excluding hydrogens is 278 g/mol. The van der Waals surface area contributed by atoms with Crippen molar-refractivity contribution < 1.29 is 4.79 Å². The fraction of sp³-hybridized carbons (Fsp3) is 0.364. The number of aromatic nitrogens is 4. The molecule has 0 saturated heterocycles. The molecule has 3 rings (SSSR count). The Morgan fingerprint density at radius 1 is 1.40 bits per heavy atom. The van der Waals surface area contributed by atoms with Gasteiger partial charge in [-0.25, -0.2) is 9.97 Å². The Morgan fingerprint density at radius 2 is 2.25 bits per heavy atom. The van der Waals surface area contributed by atoms with Crippen LogP contribution in [-0.4, -0.2) is 32.1 Å². The molecule has 2 aromatic heterocycles. The smallest absolute Gasteiger partial charge is 0.247 e. The third-order valence-electron chi connectivity index (χ3n) is 2.92. The van der Waals surface area contributed by atoms with Crippen molar-refractivity contribution >= 4 is 39.7 Å². The quantitative estimate of drug-likeness (QED) is 0.786. The van der Waals surface area contributed by atoms with Gasteiger partial charge in [0.25, 0.3) is 0 Å². The van der Waals surface area contributed by atoms with E-state index < -0.39 is 0 Å². The predicted molar refractivity (Wildman–Crippen MR) is 76.1 cm³/mol. The molecule has 0 aromatic carbocycles. The van der Waals surface area contributed by atoms with Gasteiger partial charge >= 0.3 is 0 Å². The van der Waals surface area contributed by atoms with Crippen LogP contribution in [0.3, 0.4) is 0 Å². The van der Waals surface area contributed by atoms with Gasteiger partial charge in [-0.3, -0.25) is 4.79 Å². The van der Waals surface area contributed by atoms with Crippen LogP contribution in [0.4, 0.5) is 22.5 Å². The molecule has 3 heterocycles. The molecule has 0 fully saturated rings. The number of fused-ring (bicyclic) bond motifs is 1. The molecule has 1 amide bonds. The Labute approximate surface area is 119 Å². The predicted octanol–water partition coefficient (Wildman–Crippen LogP) is 1.46. The van der Waals surface area contributed by atoms with Gasteiger partial charge in [0.15, 0.2) is 11.6 Å². The molecule has 0 aliphatic carbocycles. The number of rotatable bonds is 3. The van der Waals surface area contributed by atoms with E-state index in [0.717, 1.165) is 0 Å². The molecule has 0 spiro atoms. The first kappa shape index (κ1) is 12.7. The Kier molecular flexibility index (Phi) is 3.18. The lowest BCUT2D eigenvalue weighted by Gasteiger charge is -2.28. The second-order valence-electron chi connectivity index (χ2n) is 4.67. The van der Waals surface area contributed by atoms with E-state index >= 15 is 0 Å². The zero-order valence-corrected chi connectivity index (χ0v) is 11.7. The zero-order valence-electron chi connectivity index (χ0n) is 10.9. The Morgan fingerprint density at radius 3 is 2.95 bits per heavy atom. The summed E-state index contributed by atoms with van der Waals surface area (Å²) in [6.45, 7) is 3.95. The summed E-state index contributed by atoms with van der Waals surface area (Å²) in [6, 6.07) is -0.299. The molecule has 0 saturated carbocycles. The summed E-state index contributed by atoms with van der Waals surface area (Å²) in [4.78, 5) is 20.4. The molecule has 0 radical (unpaired) electrons. The topological polar surface area (TPSA) is 105 Å². The zero-order chi connectivity index (χ0) is 14.1. The van der Waals surface area contributed by atoms with E-state index in [4.69, 9.17) is 0 Å². The maximum absolute atomic E-state index is 12.1. The van der Waals surface area contributed by atoms with Crippen molar-refractivity contribution in [3.8, 4) is 0 Å². The largest absolute Gasteiger partial charge is 0.356 e. The molecule has 104 valence electrons. The standard InChI is InChI=1S/C11H13N7OS/c1-5(2)6-10(19)16-7-8(15-6)12-3-13-9(7)17-11-18-14-4-20-11/h3-6H,1-2H3,(H,16,19)(H2,12,13,15,17,18). The molecule has 2 aromatic rings. The summed E-state index contributed by atoms with van der Waals surface area (Å²) in [5.41, 5.74) is 2.14. The highest BCUT2D eigenvalue weighted by atomic mass is 32.1. The van der Waals surface area contributed by atoms with Crippen LogP contribution in [0.1, 0.15) is 13.8 Å². The number of amides is 1. The van der Waals surface area contributed by atoms with Crippen LogP contribution in [0.5, 0.6) is 0 Å². The molecule has 3 N–H and O–H groups in total. The number of hydrogen-bond acceptors (Lipinski definition) is 8. The minimum atomic E-state index is -0.299. The van der Waals surface area contributed by atoms with Crippen LogP contribution in [0.25, 0.3) is 0 Å². The average Bonchev–Trinajstić information content (AvgIpc) is 2.91. The van der Waals surface area contributed by atoms with Crippen molar-refractivity contribution in [2.75, 3.05) is 16.0 Å². The number of nitrogens with one attached hydrogen (secondary N) is 3. The monoisotopic (exact) mass is 291 g/mol. The molecule has 1 aliphatic heterocycles. The number of carbonyl (C=O) groups excluding carboxylic acids is 1. The second-order valence-corrected chi connectivity index (χ2v) is 5.50. The van der Waals surface area contributed by atoms with Crippen LogP contribution in [0.2, 0.25) is 0 Å². The van der Waals surface area contributed by atoms with Gasteiger partial charge in [0.2, 0.25) is 11.0 Å².